The number of allylic oxidation sites excluding steroid dienone is 16. The first-order valence-electron chi connectivity index (χ1n) is 24.6. The number of aliphatic hydroxyl groups excluding tert-OH is 6. The van der Waals surface area contributed by atoms with E-state index in [4.69, 9.17) is 18.5 Å². The molecule has 404 valence electrons. The smallest absolute Gasteiger partial charge is 0.462 e. The Labute approximate surface area is 420 Å². The standard InChI is InChI=1S/C51H82O18P2/c1-3-5-7-8-9-10-11-12-13-14-15-16-17-18-19-20-24-27-31-37-45(55)67-43(40-66-71(63,64)69-51-48(58)46(56)47(57)50(49(51)59)68-70(60,61)62)39-65-44(54)38-32-36-42(53)35-30-26-23-21-22-25-29-34-41(52)33-28-6-4-2/h9-10,12-13,15-16,18-19,22-27,29-30,34-35,41-43,46-53,56-59H,3-8,11,14,17,20-21,28,31-33,36-40H2,1-2H3,(H,63,64)(H2,60,61,62)/b10-9-,13-12-,16-15-,19-18-,25-22-,26-23-,27-24-,34-29+,35-30+/t41-,42-,43+,46?,47?,48?,49?,50+,51-/m0/s1. The molecule has 0 bridgehead atoms. The average molecular weight is 1050 g/mol. The molecular formula is C51H82O18P2. The number of carbonyl (C=O) groups excluding carboxylic acids is 2. The first kappa shape index (κ1) is 65.6. The number of ether oxygens (including phenoxy) is 2. The van der Waals surface area contributed by atoms with Crippen LogP contribution in [0.15, 0.2) is 109 Å². The number of carbonyl (C=O) groups is 2. The fraction of sp³-hybridized carbons (Fsp3) is 0.608. The predicted octanol–water partition coefficient (Wildman–Crippen LogP) is 7.67. The Morgan fingerprint density at radius 2 is 1.00 bits per heavy atom. The zero-order chi connectivity index (χ0) is 52.8. The van der Waals surface area contributed by atoms with E-state index in [0.717, 1.165) is 51.4 Å². The molecule has 0 spiro atoms. The molecule has 10 atom stereocenters. The largest absolute Gasteiger partial charge is 0.472 e. The number of phosphoric acid groups is 2. The molecule has 18 nitrogen and oxygen atoms in total. The first-order valence-corrected chi connectivity index (χ1v) is 27.7. The van der Waals surface area contributed by atoms with Gasteiger partial charge >= 0.3 is 27.6 Å². The fourth-order valence-corrected chi connectivity index (χ4v) is 8.17. The summed E-state index contributed by atoms with van der Waals surface area (Å²) < 4.78 is 49.1. The van der Waals surface area contributed by atoms with Crippen LogP contribution in [0.25, 0.3) is 0 Å². The van der Waals surface area contributed by atoms with E-state index in [2.05, 4.69) is 54.8 Å². The van der Waals surface area contributed by atoms with E-state index in [1.807, 2.05) is 42.5 Å². The van der Waals surface area contributed by atoms with Crippen LogP contribution in [-0.4, -0.2) is 125 Å². The normalized spacial score (nSPS) is 22.7. The van der Waals surface area contributed by atoms with Crippen LogP contribution >= 0.6 is 15.6 Å². The molecular weight excluding hydrogens is 962 g/mol. The number of esters is 2. The minimum absolute atomic E-state index is 0.136. The second-order valence-electron chi connectivity index (χ2n) is 16.9. The maximum absolute atomic E-state index is 13.0. The van der Waals surface area contributed by atoms with Crippen LogP contribution in [0.4, 0.5) is 0 Å². The van der Waals surface area contributed by atoms with E-state index in [-0.39, 0.29) is 32.1 Å². The van der Waals surface area contributed by atoms with E-state index in [0.29, 0.717) is 12.8 Å². The number of unbranched alkanes of at least 4 members (excludes halogenated alkanes) is 5. The van der Waals surface area contributed by atoms with Gasteiger partial charge in [0, 0.05) is 12.8 Å². The second kappa shape index (κ2) is 40.0. The predicted molar refractivity (Wildman–Crippen MR) is 271 cm³/mol. The minimum Gasteiger partial charge on any atom is -0.462 e. The van der Waals surface area contributed by atoms with Gasteiger partial charge in [-0.1, -0.05) is 155 Å². The van der Waals surface area contributed by atoms with Crippen molar-refractivity contribution in [3.63, 3.8) is 0 Å². The van der Waals surface area contributed by atoms with Crippen LogP contribution in [0.2, 0.25) is 0 Å². The van der Waals surface area contributed by atoms with E-state index in [1.165, 1.54) is 19.3 Å². The summed E-state index contributed by atoms with van der Waals surface area (Å²) in [6.07, 6.45) is 31.1. The Hall–Kier alpha value is -3.42. The van der Waals surface area contributed by atoms with Crippen molar-refractivity contribution >= 4 is 27.6 Å². The van der Waals surface area contributed by atoms with E-state index >= 15 is 0 Å². The van der Waals surface area contributed by atoms with Gasteiger partial charge in [0.1, 0.15) is 43.2 Å². The lowest BCUT2D eigenvalue weighted by Crippen LogP contribution is -2.64. The molecule has 5 unspecified atom stereocenters. The molecule has 71 heavy (non-hydrogen) atoms. The van der Waals surface area contributed by atoms with Crippen molar-refractivity contribution in [3.05, 3.63) is 109 Å². The highest BCUT2D eigenvalue weighted by atomic mass is 31.2. The summed E-state index contributed by atoms with van der Waals surface area (Å²) in [5, 5.41) is 61.5. The van der Waals surface area contributed by atoms with Crippen LogP contribution in [-0.2, 0) is 41.8 Å². The Balaban J connectivity index is 2.74. The van der Waals surface area contributed by atoms with Gasteiger partial charge in [-0.2, -0.15) is 0 Å². The van der Waals surface area contributed by atoms with Crippen molar-refractivity contribution in [3.8, 4) is 0 Å². The molecule has 0 aliphatic heterocycles. The highest BCUT2D eigenvalue weighted by molar-refractivity contribution is 7.47. The summed E-state index contributed by atoms with van der Waals surface area (Å²) in [5.41, 5.74) is 0. The van der Waals surface area contributed by atoms with Gasteiger partial charge in [-0.15, -0.1) is 0 Å². The van der Waals surface area contributed by atoms with Gasteiger partial charge in [-0.25, -0.2) is 9.13 Å². The highest BCUT2D eigenvalue weighted by Gasteiger charge is 2.54. The lowest BCUT2D eigenvalue weighted by molar-refractivity contribution is -0.216. The Morgan fingerprint density at radius 3 is 1.54 bits per heavy atom. The molecule has 0 saturated heterocycles. The second-order valence-corrected chi connectivity index (χ2v) is 19.5. The molecule has 0 aromatic rings. The topological polar surface area (TPSA) is 296 Å². The van der Waals surface area contributed by atoms with Crippen LogP contribution < -0.4 is 0 Å². The maximum atomic E-state index is 13.0. The van der Waals surface area contributed by atoms with Crippen molar-refractivity contribution in [2.75, 3.05) is 13.2 Å². The number of hydrogen-bond acceptors (Lipinski definition) is 15. The van der Waals surface area contributed by atoms with Gasteiger partial charge in [-0.3, -0.25) is 23.2 Å². The molecule has 0 radical (unpaired) electrons. The number of phosphoric ester groups is 2. The van der Waals surface area contributed by atoms with Gasteiger partial charge in [0.2, 0.25) is 0 Å². The molecule has 1 saturated carbocycles. The molecule has 0 aromatic carbocycles. The molecule has 1 aliphatic carbocycles. The van der Waals surface area contributed by atoms with E-state index in [9.17, 15) is 64.0 Å². The number of hydrogen-bond donors (Lipinski definition) is 9. The minimum atomic E-state index is -5.40. The molecule has 0 heterocycles. The first-order chi connectivity index (χ1) is 33.9. The molecule has 9 N–H and O–H groups in total. The monoisotopic (exact) mass is 1040 g/mol. The van der Waals surface area contributed by atoms with Gasteiger partial charge in [-0.05, 0) is 70.6 Å². The van der Waals surface area contributed by atoms with Gasteiger partial charge < -0.3 is 54.8 Å². The zero-order valence-corrected chi connectivity index (χ0v) is 43.1. The summed E-state index contributed by atoms with van der Waals surface area (Å²) in [6, 6.07) is 0. The average Bonchev–Trinajstić information content (AvgIpc) is 3.32. The van der Waals surface area contributed by atoms with Crippen molar-refractivity contribution < 1.29 is 87.1 Å². The number of rotatable bonds is 39. The summed E-state index contributed by atoms with van der Waals surface area (Å²) in [5.74, 6) is -1.54. The summed E-state index contributed by atoms with van der Waals surface area (Å²) in [4.78, 5) is 54.3. The zero-order valence-electron chi connectivity index (χ0n) is 41.3. The van der Waals surface area contributed by atoms with Crippen molar-refractivity contribution in [1.82, 2.24) is 0 Å². The SMILES string of the molecule is CCCCC/C=C\C/C=C\C/C=C\C/C=C\C/C=C\CCC(=O)O[C@H](COC(=O)CCC[C@@H](O)/C=C/C=C\C/C=C\C=C\[C@@H](O)CCCCC)COP(=O)(O)O[C@H]1C(O)C(O)C(O)[C@@H](OP(=O)(O)O)C1O. The van der Waals surface area contributed by atoms with Crippen molar-refractivity contribution in [2.24, 2.45) is 0 Å². The number of aliphatic hydroxyl groups is 6. The third-order valence-corrected chi connectivity index (χ3v) is 12.0. The summed E-state index contributed by atoms with van der Waals surface area (Å²) >= 11 is 0. The molecule has 1 rings (SSSR count). The molecule has 0 aromatic heterocycles. The maximum Gasteiger partial charge on any atom is 0.472 e. The van der Waals surface area contributed by atoms with Gasteiger partial charge in [0.25, 0.3) is 0 Å². The molecule has 20 heteroatoms. The van der Waals surface area contributed by atoms with E-state index < -0.39 is 95.7 Å². The quantitative estimate of drug-likeness (QED) is 0.00938. The summed E-state index contributed by atoms with van der Waals surface area (Å²) in [6.45, 7) is 2.72. The van der Waals surface area contributed by atoms with Crippen LogP contribution in [0.1, 0.15) is 129 Å². The third-order valence-electron chi connectivity index (χ3n) is 10.5. The fourth-order valence-electron chi connectivity index (χ4n) is 6.63. The lowest BCUT2D eigenvalue weighted by Gasteiger charge is -2.43. The van der Waals surface area contributed by atoms with Crippen molar-refractivity contribution in [2.45, 2.75) is 184 Å². The Kier molecular flexibility index (Phi) is 37.0. The molecule has 1 fully saturated rings. The van der Waals surface area contributed by atoms with Crippen molar-refractivity contribution in [1.29, 1.82) is 0 Å². The lowest BCUT2D eigenvalue weighted by atomic mass is 9.85. The van der Waals surface area contributed by atoms with Crippen LogP contribution in [0, 0.1) is 0 Å². The highest BCUT2D eigenvalue weighted by Crippen LogP contribution is 2.49. The van der Waals surface area contributed by atoms with Crippen LogP contribution in [0.3, 0.4) is 0 Å². The van der Waals surface area contributed by atoms with E-state index in [1.54, 1.807) is 30.4 Å². The summed E-state index contributed by atoms with van der Waals surface area (Å²) in [7, 11) is -10.8. The van der Waals surface area contributed by atoms with Gasteiger partial charge in [0.05, 0.1) is 18.8 Å². The van der Waals surface area contributed by atoms with Crippen LogP contribution in [0.5, 0.6) is 0 Å². The third kappa shape index (κ3) is 34.6. The Bertz CT molecular complexity index is 1820. The Morgan fingerprint density at radius 1 is 0.521 bits per heavy atom. The molecule has 1 aliphatic rings. The molecule has 0 amide bonds. The van der Waals surface area contributed by atoms with Gasteiger partial charge in [0.15, 0.2) is 6.10 Å².